The highest BCUT2D eigenvalue weighted by Gasteiger charge is 2.23. The van der Waals surface area contributed by atoms with E-state index in [0.717, 1.165) is 25.7 Å². The van der Waals surface area contributed by atoms with E-state index in [1.165, 1.54) is 0 Å². The lowest BCUT2D eigenvalue weighted by Crippen LogP contribution is -2.49. The van der Waals surface area contributed by atoms with Crippen LogP contribution in [0, 0.1) is 11.3 Å². The number of rotatable bonds is 2. The minimum absolute atomic E-state index is 0.0566. The molecule has 1 saturated carbocycles. The van der Waals surface area contributed by atoms with E-state index >= 15 is 0 Å². The number of nitriles is 1. The van der Waals surface area contributed by atoms with Crippen LogP contribution in [0.1, 0.15) is 41.6 Å². The lowest BCUT2D eigenvalue weighted by molar-refractivity contribution is 0.0921. The van der Waals surface area contributed by atoms with Crippen LogP contribution >= 0.6 is 0 Å². The summed E-state index contributed by atoms with van der Waals surface area (Å²) in [5.41, 5.74) is 7.13. The summed E-state index contributed by atoms with van der Waals surface area (Å²) >= 11 is 0. The summed E-state index contributed by atoms with van der Waals surface area (Å²) in [7, 11) is 0. The second kappa shape index (κ2) is 5.65. The number of hydrogen-bond donors (Lipinski definition) is 2. The number of hydrogen-bond acceptors (Lipinski definition) is 3. The van der Waals surface area contributed by atoms with E-state index in [0.29, 0.717) is 11.1 Å². The Morgan fingerprint density at radius 1 is 1.28 bits per heavy atom. The lowest BCUT2D eigenvalue weighted by atomic mass is 9.91. The van der Waals surface area contributed by atoms with Crippen LogP contribution in [-0.4, -0.2) is 18.0 Å². The Morgan fingerprint density at radius 3 is 2.56 bits per heavy atom. The summed E-state index contributed by atoms with van der Waals surface area (Å²) < 4.78 is 0. The first kappa shape index (κ1) is 12.6. The van der Waals surface area contributed by atoms with Crippen LogP contribution in [0.2, 0.25) is 0 Å². The third-order valence-electron chi connectivity index (χ3n) is 3.41. The summed E-state index contributed by atoms with van der Waals surface area (Å²) in [4.78, 5) is 12.0. The maximum Gasteiger partial charge on any atom is 0.251 e. The van der Waals surface area contributed by atoms with Crippen molar-refractivity contribution >= 4 is 5.91 Å². The van der Waals surface area contributed by atoms with Gasteiger partial charge in [0.15, 0.2) is 0 Å². The molecule has 1 aliphatic carbocycles. The number of carbonyl (C=O) groups is 1. The fourth-order valence-electron chi connectivity index (χ4n) is 2.29. The van der Waals surface area contributed by atoms with Gasteiger partial charge in [0.05, 0.1) is 11.6 Å². The number of nitrogens with one attached hydrogen (secondary N) is 1. The van der Waals surface area contributed by atoms with Gasteiger partial charge in [0.2, 0.25) is 0 Å². The fourth-order valence-corrected chi connectivity index (χ4v) is 2.29. The highest BCUT2D eigenvalue weighted by molar-refractivity contribution is 5.94. The van der Waals surface area contributed by atoms with Crippen LogP contribution < -0.4 is 11.1 Å². The highest BCUT2D eigenvalue weighted by Crippen LogP contribution is 2.17. The molecule has 0 aromatic heterocycles. The summed E-state index contributed by atoms with van der Waals surface area (Å²) in [5.74, 6) is -0.109. The minimum atomic E-state index is -0.109. The second-order valence-electron chi connectivity index (χ2n) is 4.72. The molecular weight excluding hydrogens is 226 g/mol. The van der Waals surface area contributed by atoms with Crippen LogP contribution in [0.5, 0.6) is 0 Å². The van der Waals surface area contributed by atoms with Crippen molar-refractivity contribution in [3.05, 3.63) is 35.4 Å². The van der Waals surface area contributed by atoms with Crippen molar-refractivity contribution in [1.82, 2.24) is 5.32 Å². The topological polar surface area (TPSA) is 78.9 Å². The molecule has 2 atom stereocenters. The molecule has 1 aromatic carbocycles. The molecule has 3 N–H and O–H groups in total. The molecule has 1 aromatic rings. The van der Waals surface area contributed by atoms with E-state index in [1.54, 1.807) is 24.3 Å². The van der Waals surface area contributed by atoms with Crippen molar-refractivity contribution in [3.63, 3.8) is 0 Å². The highest BCUT2D eigenvalue weighted by atomic mass is 16.1. The third kappa shape index (κ3) is 2.88. The Bertz CT molecular complexity index is 461. The SMILES string of the molecule is N#Cc1ccc(C(=O)NC2CCCCC2N)cc1. The van der Waals surface area contributed by atoms with E-state index in [9.17, 15) is 4.79 Å². The van der Waals surface area contributed by atoms with Crippen molar-refractivity contribution in [2.75, 3.05) is 0 Å². The molecule has 0 radical (unpaired) electrons. The maximum atomic E-state index is 12.0. The fraction of sp³-hybridized carbons (Fsp3) is 0.429. The first-order valence-corrected chi connectivity index (χ1v) is 6.27. The van der Waals surface area contributed by atoms with Crippen molar-refractivity contribution in [3.8, 4) is 6.07 Å². The van der Waals surface area contributed by atoms with Gasteiger partial charge < -0.3 is 11.1 Å². The van der Waals surface area contributed by atoms with Gasteiger partial charge in [-0.2, -0.15) is 5.26 Å². The molecule has 0 saturated heterocycles. The predicted molar refractivity (Wildman–Crippen MR) is 68.9 cm³/mol. The van der Waals surface area contributed by atoms with Gasteiger partial charge in [0.1, 0.15) is 0 Å². The molecule has 18 heavy (non-hydrogen) atoms. The molecular formula is C14H17N3O. The lowest BCUT2D eigenvalue weighted by Gasteiger charge is -2.29. The summed E-state index contributed by atoms with van der Waals surface area (Å²) in [6, 6.07) is 8.79. The van der Waals surface area contributed by atoms with E-state index in [-0.39, 0.29) is 18.0 Å². The van der Waals surface area contributed by atoms with Gasteiger partial charge in [-0.05, 0) is 37.1 Å². The third-order valence-corrected chi connectivity index (χ3v) is 3.41. The zero-order valence-electron chi connectivity index (χ0n) is 10.2. The Balaban J connectivity index is 2.00. The van der Waals surface area contributed by atoms with E-state index in [1.807, 2.05) is 6.07 Å². The van der Waals surface area contributed by atoms with Gasteiger partial charge in [0, 0.05) is 17.6 Å². The summed E-state index contributed by atoms with van der Waals surface area (Å²) in [5, 5.41) is 11.7. The molecule has 1 fully saturated rings. The van der Waals surface area contributed by atoms with Crippen LogP contribution in [-0.2, 0) is 0 Å². The number of amides is 1. The van der Waals surface area contributed by atoms with E-state index in [4.69, 9.17) is 11.0 Å². The van der Waals surface area contributed by atoms with E-state index in [2.05, 4.69) is 5.32 Å². The van der Waals surface area contributed by atoms with Crippen LogP contribution in [0.4, 0.5) is 0 Å². The van der Waals surface area contributed by atoms with Crippen LogP contribution in [0.3, 0.4) is 0 Å². The van der Waals surface area contributed by atoms with Gasteiger partial charge in [-0.25, -0.2) is 0 Å². The zero-order chi connectivity index (χ0) is 13.0. The molecule has 0 bridgehead atoms. The Hall–Kier alpha value is -1.86. The molecule has 0 spiro atoms. The minimum Gasteiger partial charge on any atom is -0.348 e. The predicted octanol–water partition coefficient (Wildman–Crippen LogP) is 1.56. The zero-order valence-corrected chi connectivity index (χ0v) is 10.2. The molecule has 4 nitrogen and oxygen atoms in total. The first-order valence-electron chi connectivity index (χ1n) is 6.27. The smallest absolute Gasteiger partial charge is 0.251 e. The Morgan fingerprint density at radius 2 is 1.94 bits per heavy atom. The number of nitrogens with zero attached hydrogens (tertiary/aromatic N) is 1. The first-order chi connectivity index (χ1) is 8.70. The molecule has 0 aliphatic heterocycles. The van der Waals surface area contributed by atoms with Gasteiger partial charge in [-0.1, -0.05) is 12.8 Å². The molecule has 4 heteroatoms. The largest absolute Gasteiger partial charge is 0.348 e. The standard InChI is InChI=1S/C14H17N3O/c15-9-10-5-7-11(8-6-10)14(18)17-13-4-2-1-3-12(13)16/h5-8,12-13H,1-4,16H2,(H,17,18). The average molecular weight is 243 g/mol. The Kier molecular flexibility index (Phi) is 3.96. The van der Waals surface area contributed by atoms with Crippen LogP contribution in [0.25, 0.3) is 0 Å². The van der Waals surface area contributed by atoms with Crippen LogP contribution in [0.15, 0.2) is 24.3 Å². The van der Waals surface area contributed by atoms with Gasteiger partial charge in [-0.3, -0.25) is 4.79 Å². The average Bonchev–Trinajstić information content (AvgIpc) is 2.41. The molecule has 94 valence electrons. The monoisotopic (exact) mass is 243 g/mol. The van der Waals surface area contributed by atoms with Gasteiger partial charge in [0.25, 0.3) is 5.91 Å². The molecule has 2 unspecified atom stereocenters. The number of carbonyl (C=O) groups excluding carboxylic acids is 1. The number of benzene rings is 1. The Labute approximate surface area is 107 Å². The molecule has 2 rings (SSSR count). The van der Waals surface area contributed by atoms with Gasteiger partial charge in [-0.15, -0.1) is 0 Å². The van der Waals surface area contributed by atoms with Crippen molar-refractivity contribution in [1.29, 1.82) is 5.26 Å². The van der Waals surface area contributed by atoms with Crippen molar-refractivity contribution in [2.24, 2.45) is 5.73 Å². The van der Waals surface area contributed by atoms with E-state index < -0.39 is 0 Å². The molecule has 0 heterocycles. The summed E-state index contributed by atoms with van der Waals surface area (Å²) in [6.07, 6.45) is 4.18. The van der Waals surface area contributed by atoms with Crippen molar-refractivity contribution < 1.29 is 4.79 Å². The maximum absolute atomic E-state index is 12.0. The normalized spacial score (nSPS) is 23.1. The second-order valence-corrected chi connectivity index (χ2v) is 4.72. The summed E-state index contributed by atoms with van der Waals surface area (Å²) in [6.45, 7) is 0. The molecule has 1 amide bonds. The van der Waals surface area contributed by atoms with Crippen molar-refractivity contribution in [2.45, 2.75) is 37.8 Å². The molecule has 1 aliphatic rings. The van der Waals surface area contributed by atoms with Gasteiger partial charge >= 0.3 is 0 Å². The quantitative estimate of drug-likeness (QED) is 0.827. The number of nitrogens with two attached hydrogens (primary N) is 1.